The molecule has 3 saturated heterocycles. The molecule has 4 saturated carbocycles. The lowest BCUT2D eigenvalue weighted by Gasteiger charge is -2.71. The summed E-state index contributed by atoms with van der Waals surface area (Å²) < 4.78 is 36.6. The fourth-order valence-electron chi connectivity index (χ4n) is 14.8. The van der Waals surface area contributed by atoms with Gasteiger partial charge in [-0.25, -0.2) is 0 Å². The molecule has 3 aliphatic heterocycles. The molecule has 7 rings (SSSR count). The molecule has 0 radical (unpaired) electrons. The van der Waals surface area contributed by atoms with Crippen molar-refractivity contribution in [1.29, 1.82) is 0 Å². The van der Waals surface area contributed by atoms with E-state index in [0.717, 1.165) is 31.3 Å². The van der Waals surface area contributed by atoms with Crippen LogP contribution in [-0.4, -0.2) is 191 Å². The molecule has 0 aromatic carbocycles. The third kappa shape index (κ3) is 8.90. The van der Waals surface area contributed by atoms with Gasteiger partial charge >= 0.3 is 0 Å². The first-order chi connectivity index (χ1) is 30.8. The number of aliphatic hydroxyl groups is 12. The van der Waals surface area contributed by atoms with Crippen LogP contribution in [-0.2, 0) is 28.4 Å². The van der Waals surface area contributed by atoms with Crippen LogP contribution in [0.15, 0.2) is 11.6 Å². The van der Waals surface area contributed by atoms with E-state index in [0.29, 0.717) is 32.1 Å². The van der Waals surface area contributed by atoms with Crippen molar-refractivity contribution in [1.82, 2.24) is 0 Å². The molecule has 25 atom stereocenters. The zero-order valence-corrected chi connectivity index (χ0v) is 40.0. The zero-order valence-electron chi connectivity index (χ0n) is 40.0. The lowest BCUT2D eigenvalue weighted by atomic mass is 9.35. The van der Waals surface area contributed by atoms with Gasteiger partial charge in [0.1, 0.15) is 73.2 Å². The van der Waals surface area contributed by atoms with Crippen LogP contribution in [0.5, 0.6) is 0 Å². The molecule has 12 N–H and O–H groups in total. The maximum Gasteiger partial charge on any atom is 0.187 e. The van der Waals surface area contributed by atoms with Gasteiger partial charge in [-0.2, -0.15) is 0 Å². The molecule has 18 nitrogen and oxygen atoms in total. The minimum absolute atomic E-state index is 0.133. The third-order valence-electron chi connectivity index (χ3n) is 18.8. The largest absolute Gasteiger partial charge is 0.394 e. The van der Waals surface area contributed by atoms with Crippen LogP contribution in [0.3, 0.4) is 0 Å². The molecular formula is C48H82O18. The van der Waals surface area contributed by atoms with E-state index in [1.807, 2.05) is 20.8 Å². The van der Waals surface area contributed by atoms with Gasteiger partial charge in [0.05, 0.1) is 37.6 Å². The number of fused-ring (bicyclic) bond motifs is 5. The highest BCUT2D eigenvalue weighted by atomic mass is 16.7. The first kappa shape index (κ1) is 52.8. The molecule has 0 unspecified atom stereocenters. The van der Waals surface area contributed by atoms with Gasteiger partial charge in [-0.15, -0.1) is 0 Å². The Labute approximate surface area is 388 Å². The predicted molar refractivity (Wildman–Crippen MR) is 234 cm³/mol. The SMILES string of the molecule is CC(C)=CCC[C@](C)(O[C@@H]1O[C@H](CO[C@@H]2O[C@H](CO)[C@@H](O)[C@H](O)[C@H]2O)[C@@H](O)[C@H](O)[C@H]1O)[C@H]1CC[C@]2(C)[C@@H]1[C@H](O)C[C@@H]1[C@@]3(C)CC[C@H](O[C@@H]4O[C@H](CO)[C@@H](O)[C@H](O)[C@H]4O)C(C)(C)[C@H]3CC[C@]12C. The number of hydrogen-bond donors (Lipinski definition) is 12. The predicted octanol–water partition coefficient (Wildman–Crippen LogP) is -0.0268. The van der Waals surface area contributed by atoms with Crippen molar-refractivity contribution in [3.05, 3.63) is 11.6 Å². The van der Waals surface area contributed by atoms with Gasteiger partial charge in [0.15, 0.2) is 18.9 Å². The van der Waals surface area contributed by atoms with Crippen molar-refractivity contribution in [3.8, 4) is 0 Å². The number of hydrogen-bond acceptors (Lipinski definition) is 18. The van der Waals surface area contributed by atoms with Crippen molar-refractivity contribution in [3.63, 3.8) is 0 Å². The molecular weight excluding hydrogens is 865 g/mol. The monoisotopic (exact) mass is 947 g/mol. The van der Waals surface area contributed by atoms with Gasteiger partial charge in [-0.3, -0.25) is 0 Å². The quantitative estimate of drug-likeness (QED) is 0.0853. The second-order valence-electron chi connectivity index (χ2n) is 22.9. The smallest absolute Gasteiger partial charge is 0.187 e. The Morgan fingerprint density at radius 1 is 0.621 bits per heavy atom. The normalized spacial score (nSPS) is 52.4. The molecule has 0 aromatic heterocycles. The highest BCUT2D eigenvalue weighted by molar-refractivity contribution is 5.20. The average Bonchev–Trinajstić information content (AvgIpc) is 3.65. The Morgan fingerprint density at radius 3 is 1.74 bits per heavy atom. The molecule has 4 aliphatic carbocycles. The van der Waals surface area contributed by atoms with Crippen LogP contribution in [0.2, 0.25) is 0 Å². The van der Waals surface area contributed by atoms with Gasteiger partial charge in [0.2, 0.25) is 0 Å². The minimum Gasteiger partial charge on any atom is -0.394 e. The summed E-state index contributed by atoms with van der Waals surface area (Å²) in [4.78, 5) is 0. The van der Waals surface area contributed by atoms with Crippen molar-refractivity contribution in [2.24, 2.45) is 45.3 Å². The van der Waals surface area contributed by atoms with Gasteiger partial charge in [0, 0.05) is 0 Å². The van der Waals surface area contributed by atoms with E-state index in [9.17, 15) is 61.3 Å². The van der Waals surface area contributed by atoms with Crippen molar-refractivity contribution < 1.29 is 89.7 Å². The van der Waals surface area contributed by atoms with E-state index in [1.165, 1.54) is 0 Å². The van der Waals surface area contributed by atoms with Gasteiger partial charge < -0.3 is 89.7 Å². The number of ether oxygens (including phenoxy) is 6. The standard InChI is InChI=1S/C48H82O18/c1-22(2)10-9-14-48(8,66-43-40(60)37(57)34(54)27(64-43)21-61-41-38(58)35(55)32(52)25(19-49)62-41)23-11-16-47(7)31(23)24(51)18-29-45(5)15-13-30(44(3,4)28(45)12-17-46(29,47)6)65-42-39(59)36(56)33(53)26(20-50)63-42/h10,23-43,49-60H,9,11-21H2,1-8H3/t23-,24+,25+,26+,27+,28+,29+,30-,31-,32+,33+,34+,35-,36-,37-,38+,39+,40+,41+,42-,43-,45-,46+,47+,48-/m0/s1. The molecule has 382 valence electrons. The average molecular weight is 947 g/mol. The maximum atomic E-state index is 12.7. The Morgan fingerprint density at radius 2 is 1.15 bits per heavy atom. The second-order valence-corrected chi connectivity index (χ2v) is 22.9. The molecule has 3 heterocycles. The van der Waals surface area contributed by atoms with E-state index in [4.69, 9.17) is 28.4 Å². The maximum absolute atomic E-state index is 12.7. The molecule has 66 heavy (non-hydrogen) atoms. The summed E-state index contributed by atoms with van der Waals surface area (Å²) in [7, 11) is 0. The highest BCUT2D eigenvalue weighted by Gasteiger charge is 2.72. The Bertz CT molecular complexity index is 1680. The molecule has 18 heteroatoms. The summed E-state index contributed by atoms with van der Waals surface area (Å²) in [6, 6.07) is 0. The molecule has 0 bridgehead atoms. The third-order valence-corrected chi connectivity index (χ3v) is 18.8. The molecule has 7 aliphatic rings. The lowest BCUT2D eigenvalue weighted by Crippen LogP contribution is -2.67. The van der Waals surface area contributed by atoms with E-state index in [1.54, 1.807) is 0 Å². The van der Waals surface area contributed by atoms with Crippen LogP contribution in [0.25, 0.3) is 0 Å². The van der Waals surface area contributed by atoms with Crippen LogP contribution in [0.1, 0.15) is 113 Å². The summed E-state index contributed by atoms with van der Waals surface area (Å²) in [5.41, 5.74) is -1.06. The zero-order chi connectivity index (χ0) is 48.6. The van der Waals surface area contributed by atoms with E-state index in [2.05, 4.69) is 40.7 Å². The summed E-state index contributed by atoms with van der Waals surface area (Å²) in [5, 5.41) is 129. The molecule has 7 fully saturated rings. The number of allylic oxidation sites excluding steroid dienone is 2. The Kier molecular flexibility index (Phi) is 15.7. The number of aliphatic hydroxyl groups excluding tert-OH is 12. The first-order valence-electron chi connectivity index (χ1n) is 24.4. The Hall–Kier alpha value is -0.980. The minimum atomic E-state index is -1.72. The summed E-state index contributed by atoms with van der Waals surface area (Å²) in [6.07, 6.45) is -14.9. The highest BCUT2D eigenvalue weighted by Crippen LogP contribution is 2.76. The lowest BCUT2D eigenvalue weighted by molar-refractivity contribution is -0.350. The van der Waals surface area contributed by atoms with Gasteiger partial charge in [0.25, 0.3) is 0 Å². The topological polar surface area (TPSA) is 298 Å². The number of rotatable bonds is 13. The molecule has 0 amide bonds. The van der Waals surface area contributed by atoms with Crippen LogP contribution in [0.4, 0.5) is 0 Å². The van der Waals surface area contributed by atoms with E-state index >= 15 is 0 Å². The fraction of sp³-hybridized carbons (Fsp3) is 0.958. The van der Waals surface area contributed by atoms with Crippen molar-refractivity contribution >= 4 is 0 Å². The van der Waals surface area contributed by atoms with E-state index < -0.39 is 129 Å². The fourth-order valence-corrected chi connectivity index (χ4v) is 14.8. The van der Waals surface area contributed by atoms with Crippen molar-refractivity contribution in [2.45, 2.75) is 223 Å². The summed E-state index contributed by atoms with van der Waals surface area (Å²) in [5.74, 6) is -0.128. The van der Waals surface area contributed by atoms with Crippen LogP contribution >= 0.6 is 0 Å². The first-order valence-corrected chi connectivity index (χ1v) is 24.4. The van der Waals surface area contributed by atoms with E-state index in [-0.39, 0.29) is 46.0 Å². The Balaban J connectivity index is 1.11. The summed E-state index contributed by atoms with van der Waals surface area (Å²) in [6.45, 7) is 15.8. The van der Waals surface area contributed by atoms with Gasteiger partial charge in [-0.05, 0) is 124 Å². The second kappa shape index (κ2) is 19.6. The summed E-state index contributed by atoms with van der Waals surface area (Å²) >= 11 is 0. The van der Waals surface area contributed by atoms with Crippen LogP contribution in [0, 0.1) is 45.3 Å². The van der Waals surface area contributed by atoms with Crippen LogP contribution < -0.4 is 0 Å². The van der Waals surface area contributed by atoms with Gasteiger partial charge in [-0.1, -0.05) is 46.3 Å². The molecule has 0 aromatic rings. The van der Waals surface area contributed by atoms with Crippen molar-refractivity contribution in [2.75, 3.05) is 19.8 Å². The molecule has 0 spiro atoms.